The van der Waals surface area contributed by atoms with E-state index >= 15 is 0 Å². The highest BCUT2D eigenvalue weighted by Crippen LogP contribution is 2.43. The number of aromatic nitrogens is 2. The van der Waals surface area contributed by atoms with Crippen LogP contribution in [0.2, 0.25) is 0 Å². The van der Waals surface area contributed by atoms with Gasteiger partial charge in [-0.15, -0.1) is 0 Å². The highest BCUT2D eigenvalue weighted by Gasteiger charge is 2.35. The maximum absolute atomic E-state index is 6.09. The third-order valence-corrected chi connectivity index (χ3v) is 3.58. The van der Waals surface area contributed by atoms with Crippen LogP contribution in [0.25, 0.3) is 11.3 Å². The van der Waals surface area contributed by atoms with Crippen molar-refractivity contribution in [3.8, 4) is 17.0 Å². The minimum atomic E-state index is -0.375. The lowest BCUT2D eigenvalue weighted by molar-refractivity contribution is 0.101. The van der Waals surface area contributed by atoms with Gasteiger partial charge in [0.1, 0.15) is 17.2 Å². The van der Waals surface area contributed by atoms with Crippen LogP contribution in [0.4, 0.5) is 0 Å². The molecular formula is C16H21N3O. The van der Waals surface area contributed by atoms with Crippen LogP contribution >= 0.6 is 0 Å². The van der Waals surface area contributed by atoms with Crippen molar-refractivity contribution >= 4 is 0 Å². The predicted molar refractivity (Wildman–Crippen MR) is 79.7 cm³/mol. The average Bonchev–Trinajstić information content (AvgIpc) is 2.84. The Morgan fingerprint density at radius 3 is 2.90 bits per heavy atom. The summed E-state index contributed by atoms with van der Waals surface area (Å²) in [6.45, 7) is 8.07. The number of nitrogens with zero attached hydrogens (tertiary/aromatic N) is 1. The third kappa shape index (κ3) is 2.20. The number of fused-ring (bicyclic) bond motifs is 3. The molecule has 0 saturated heterocycles. The van der Waals surface area contributed by atoms with Crippen LogP contribution in [-0.2, 0) is 12.1 Å². The standard InChI is InChI=1S/C16H21N3O/c1-4-9-17-10-13-18-14-11-7-5-6-8-12(11)20-16(2,3)15(14)19-13/h5-8,17H,4,9-10H2,1-3H3,(H,18,19). The molecule has 0 fully saturated rings. The monoisotopic (exact) mass is 271 g/mol. The number of aromatic amines is 1. The maximum Gasteiger partial charge on any atom is 0.145 e. The normalized spacial score (nSPS) is 15.3. The summed E-state index contributed by atoms with van der Waals surface area (Å²) in [4.78, 5) is 8.19. The van der Waals surface area contributed by atoms with Crippen LogP contribution in [0, 0.1) is 0 Å². The number of rotatable bonds is 4. The summed E-state index contributed by atoms with van der Waals surface area (Å²) in [6.07, 6.45) is 1.12. The number of hydrogen-bond donors (Lipinski definition) is 2. The molecule has 0 radical (unpaired) electrons. The van der Waals surface area contributed by atoms with E-state index in [1.54, 1.807) is 0 Å². The molecule has 0 bridgehead atoms. The summed E-state index contributed by atoms with van der Waals surface area (Å²) in [7, 11) is 0. The topological polar surface area (TPSA) is 49.9 Å². The molecule has 1 aliphatic rings. The molecule has 0 spiro atoms. The largest absolute Gasteiger partial charge is 0.481 e. The predicted octanol–water partition coefficient (Wildman–Crippen LogP) is 3.20. The summed E-state index contributed by atoms with van der Waals surface area (Å²) in [5.41, 5.74) is 2.77. The van der Waals surface area contributed by atoms with Gasteiger partial charge >= 0.3 is 0 Å². The van der Waals surface area contributed by atoms with E-state index in [-0.39, 0.29) is 5.60 Å². The molecular weight excluding hydrogens is 250 g/mol. The fourth-order valence-corrected chi connectivity index (χ4v) is 2.60. The highest BCUT2D eigenvalue weighted by molar-refractivity contribution is 5.72. The molecule has 106 valence electrons. The molecule has 4 nitrogen and oxygen atoms in total. The van der Waals surface area contributed by atoms with E-state index < -0.39 is 0 Å². The average molecular weight is 271 g/mol. The van der Waals surface area contributed by atoms with Crippen molar-refractivity contribution in [1.82, 2.24) is 15.3 Å². The van der Waals surface area contributed by atoms with Crippen molar-refractivity contribution < 1.29 is 4.74 Å². The zero-order valence-electron chi connectivity index (χ0n) is 12.3. The second kappa shape index (κ2) is 4.94. The van der Waals surface area contributed by atoms with Crippen LogP contribution in [-0.4, -0.2) is 16.5 Å². The minimum Gasteiger partial charge on any atom is -0.481 e. The lowest BCUT2D eigenvalue weighted by atomic mass is 9.95. The summed E-state index contributed by atoms with van der Waals surface area (Å²) in [5, 5.41) is 3.38. The Balaban J connectivity index is 1.99. The van der Waals surface area contributed by atoms with Gasteiger partial charge in [0.25, 0.3) is 0 Å². The SMILES string of the molecule is CCCNCc1nc2c([nH]1)C(C)(C)Oc1ccccc1-2. The first-order chi connectivity index (χ1) is 9.62. The van der Waals surface area contributed by atoms with Crippen molar-refractivity contribution in [3.63, 3.8) is 0 Å². The van der Waals surface area contributed by atoms with E-state index in [1.165, 1.54) is 0 Å². The quantitative estimate of drug-likeness (QED) is 0.840. The summed E-state index contributed by atoms with van der Waals surface area (Å²) < 4.78 is 6.09. The molecule has 0 atom stereocenters. The summed E-state index contributed by atoms with van der Waals surface area (Å²) in [6, 6.07) is 8.08. The van der Waals surface area contributed by atoms with Crippen molar-refractivity contribution in [2.45, 2.75) is 39.3 Å². The van der Waals surface area contributed by atoms with Crippen LogP contribution in [0.15, 0.2) is 24.3 Å². The summed E-state index contributed by atoms with van der Waals surface area (Å²) in [5.74, 6) is 1.88. The van der Waals surface area contributed by atoms with Crippen LogP contribution in [0.1, 0.15) is 38.7 Å². The van der Waals surface area contributed by atoms with Gasteiger partial charge in [0, 0.05) is 5.56 Å². The number of nitrogens with one attached hydrogen (secondary N) is 2. The van der Waals surface area contributed by atoms with Gasteiger partial charge in [0.05, 0.1) is 17.9 Å². The lowest BCUT2D eigenvalue weighted by Crippen LogP contribution is -2.29. The van der Waals surface area contributed by atoms with Gasteiger partial charge in [-0.1, -0.05) is 19.1 Å². The van der Waals surface area contributed by atoms with Crippen molar-refractivity contribution in [2.75, 3.05) is 6.54 Å². The number of benzene rings is 1. The van der Waals surface area contributed by atoms with Gasteiger partial charge < -0.3 is 15.0 Å². The first-order valence-corrected chi connectivity index (χ1v) is 7.20. The molecule has 1 aliphatic heterocycles. The molecule has 2 N–H and O–H groups in total. The molecule has 0 saturated carbocycles. The number of H-pyrrole nitrogens is 1. The second-order valence-electron chi connectivity index (χ2n) is 5.69. The van der Waals surface area contributed by atoms with Gasteiger partial charge in [0.15, 0.2) is 0 Å². The smallest absolute Gasteiger partial charge is 0.145 e. The van der Waals surface area contributed by atoms with Crippen molar-refractivity contribution in [3.05, 3.63) is 35.8 Å². The molecule has 0 aliphatic carbocycles. The molecule has 20 heavy (non-hydrogen) atoms. The van der Waals surface area contributed by atoms with Gasteiger partial charge in [-0.25, -0.2) is 4.98 Å². The number of hydrogen-bond acceptors (Lipinski definition) is 3. The second-order valence-corrected chi connectivity index (χ2v) is 5.69. The molecule has 1 aromatic heterocycles. The maximum atomic E-state index is 6.09. The Morgan fingerprint density at radius 2 is 2.10 bits per heavy atom. The van der Waals surface area contributed by atoms with Crippen LogP contribution < -0.4 is 10.1 Å². The molecule has 4 heteroatoms. The van der Waals surface area contributed by atoms with Gasteiger partial charge in [-0.3, -0.25) is 0 Å². The first-order valence-electron chi connectivity index (χ1n) is 7.20. The lowest BCUT2D eigenvalue weighted by Gasteiger charge is -2.31. The number of para-hydroxylation sites is 1. The highest BCUT2D eigenvalue weighted by atomic mass is 16.5. The van der Waals surface area contributed by atoms with E-state index in [0.717, 1.165) is 48.0 Å². The van der Waals surface area contributed by atoms with Crippen LogP contribution in [0.3, 0.4) is 0 Å². The number of ether oxygens (including phenoxy) is 1. The Kier molecular flexibility index (Phi) is 3.26. The van der Waals surface area contributed by atoms with E-state index in [4.69, 9.17) is 9.72 Å². The first kappa shape index (κ1) is 13.2. The van der Waals surface area contributed by atoms with Gasteiger partial charge in [0.2, 0.25) is 0 Å². The Morgan fingerprint density at radius 1 is 1.30 bits per heavy atom. The fraction of sp³-hybridized carbons (Fsp3) is 0.438. The van der Waals surface area contributed by atoms with Crippen molar-refractivity contribution in [2.24, 2.45) is 0 Å². The van der Waals surface area contributed by atoms with Crippen LogP contribution in [0.5, 0.6) is 5.75 Å². The zero-order valence-corrected chi connectivity index (χ0v) is 12.3. The zero-order chi connectivity index (χ0) is 14.2. The molecule has 0 unspecified atom stereocenters. The van der Waals surface area contributed by atoms with E-state index in [9.17, 15) is 0 Å². The Bertz CT molecular complexity index is 616. The van der Waals surface area contributed by atoms with E-state index in [2.05, 4.69) is 37.1 Å². The third-order valence-electron chi connectivity index (χ3n) is 3.58. The van der Waals surface area contributed by atoms with Gasteiger partial charge in [-0.05, 0) is 38.9 Å². The Hall–Kier alpha value is -1.81. The summed E-state index contributed by atoms with van der Waals surface area (Å²) >= 11 is 0. The molecule has 2 aromatic rings. The Labute approximate surface area is 119 Å². The van der Waals surface area contributed by atoms with Gasteiger partial charge in [-0.2, -0.15) is 0 Å². The number of imidazole rings is 1. The molecule has 0 amide bonds. The molecule has 1 aromatic carbocycles. The fourth-order valence-electron chi connectivity index (χ4n) is 2.60. The van der Waals surface area contributed by atoms with E-state index in [0.29, 0.717) is 0 Å². The minimum absolute atomic E-state index is 0.375. The molecule has 3 rings (SSSR count). The van der Waals surface area contributed by atoms with E-state index in [1.807, 2.05) is 18.2 Å². The molecule has 2 heterocycles. The van der Waals surface area contributed by atoms with Crippen molar-refractivity contribution in [1.29, 1.82) is 0 Å².